The number of fused-ring (bicyclic) bond motifs is 1. The minimum Gasteiger partial charge on any atom is -0.493 e. The molecule has 3 rings (SSSR count). The van der Waals surface area contributed by atoms with E-state index in [2.05, 4.69) is 11.6 Å². The fraction of sp³-hybridized carbons (Fsp3) is 0.600. The van der Waals surface area contributed by atoms with Gasteiger partial charge < -0.3 is 10.1 Å². The van der Waals surface area contributed by atoms with Gasteiger partial charge in [0.25, 0.3) is 0 Å². The summed E-state index contributed by atoms with van der Waals surface area (Å²) in [5.74, 6) is 1.06. The van der Waals surface area contributed by atoms with E-state index in [1.54, 1.807) is 0 Å². The van der Waals surface area contributed by atoms with Crippen molar-refractivity contribution >= 4 is 23.4 Å². The summed E-state index contributed by atoms with van der Waals surface area (Å²) >= 11 is 8.18. The fourth-order valence-corrected chi connectivity index (χ4v) is 4.13. The number of hydrogen-bond acceptors (Lipinski definition) is 3. The van der Waals surface area contributed by atoms with Crippen LogP contribution in [0.1, 0.15) is 30.4 Å². The van der Waals surface area contributed by atoms with Gasteiger partial charge in [-0.2, -0.15) is 11.8 Å². The molecule has 0 aromatic heterocycles. The molecule has 0 spiro atoms. The molecule has 1 saturated carbocycles. The van der Waals surface area contributed by atoms with Crippen LogP contribution in [0.5, 0.6) is 5.75 Å². The smallest absolute Gasteiger partial charge is 0.127 e. The summed E-state index contributed by atoms with van der Waals surface area (Å²) in [6, 6.07) is 4.06. The third kappa shape index (κ3) is 2.74. The summed E-state index contributed by atoms with van der Waals surface area (Å²) in [5.41, 5.74) is 2.46. The molecule has 0 amide bonds. The number of hydrogen-bond donors (Lipinski definition) is 1. The first-order valence-electron chi connectivity index (χ1n) is 6.92. The van der Waals surface area contributed by atoms with Gasteiger partial charge in [-0.25, -0.2) is 0 Å². The highest BCUT2D eigenvalue weighted by atomic mass is 35.5. The van der Waals surface area contributed by atoms with Crippen LogP contribution >= 0.6 is 23.4 Å². The van der Waals surface area contributed by atoms with Gasteiger partial charge in [-0.3, -0.25) is 0 Å². The van der Waals surface area contributed by atoms with Crippen LogP contribution in [0, 0.1) is 0 Å². The Morgan fingerprint density at radius 3 is 2.95 bits per heavy atom. The highest BCUT2D eigenvalue weighted by Crippen LogP contribution is 2.42. The third-order valence-electron chi connectivity index (χ3n) is 4.29. The molecule has 2 nitrogen and oxygen atoms in total. The van der Waals surface area contributed by atoms with Crippen molar-refractivity contribution < 1.29 is 4.74 Å². The summed E-state index contributed by atoms with van der Waals surface area (Å²) in [7, 11) is 0. The van der Waals surface area contributed by atoms with Gasteiger partial charge in [0.15, 0.2) is 0 Å². The number of ether oxygens (including phenoxy) is 1. The van der Waals surface area contributed by atoms with E-state index in [-0.39, 0.29) is 0 Å². The average Bonchev–Trinajstić information content (AvgIpc) is 2.80. The summed E-state index contributed by atoms with van der Waals surface area (Å²) in [6.07, 6.45) is 7.26. The van der Waals surface area contributed by atoms with Crippen LogP contribution in [0.15, 0.2) is 12.1 Å². The molecule has 0 atom stereocenters. The molecule has 1 aromatic carbocycles. The van der Waals surface area contributed by atoms with Crippen LogP contribution in [0.3, 0.4) is 0 Å². The Balaban J connectivity index is 1.64. The molecule has 0 saturated heterocycles. The summed E-state index contributed by atoms with van der Waals surface area (Å²) in [5, 5.41) is 4.42. The number of rotatable bonds is 5. The van der Waals surface area contributed by atoms with E-state index in [1.807, 2.05) is 23.9 Å². The van der Waals surface area contributed by atoms with Gasteiger partial charge in [-0.05, 0) is 36.8 Å². The average molecular weight is 298 g/mol. The number of thioether (sulfide) groups is 1. The molecular formula is C15H20ClNOS. The zero-order chi connectivity index (χ0) is 13.3. The largest absolute Gasteiger partial charge is 0.493 e. The van der Waals surface area contributed by atoms with Crippen molar-refractivity contribution in [2.45, 2.75) is 37.0 Å². The molecule has 0 bridgehead atoms. The highest BCUT2D eigenvalue weighted by molar-refractivity contribution is 8.00. The van der Waals surface area contributed by atoms with Gasteiger partial charge in [0.1, 0.15) is 5.75 Å². The molecule has 2 aliphatic rings. The van der Waals surface area contributed by atoms with E-state index < -0.39 is 0 Å². The predicted molar refractivity (Wildman–Crippen MR) is 82.5 cm³/mol. The van der Waals surface area contributed by atoms with Crippen LogP contribution in [-0.2, 0) is 13.0 Å². The van der Waals surface area contributed by atoms with Gasteiger partial charge in [-0.15, -0.1) is 0 Å². The quantitative estimate of drug-likeness (QED) is 0.896. The Labute approximate surface area is 124 Å². The van der Waals surface area contributed by atoms with Crippen molar-refractivity contribution in [2.24, 2.45) is 0 Å². The summed E-state index contributed by atoms with van der Waals surface area (Å²) in [4.78, 5) is 0. The molecule has 1 aliphatic heterocycles. The van der Waals surface area contributed by atoms with Crippen molar-refractivity contribution in [3.05, 3.63) is 28.3 Å². The molecule has 0 radical (unpaired) electrons. The first-order chi connectivity index (χ1) is 9.22. The zero-order valence-corrected chi connectivity index (χ0v) is 12.9. The van der Waals surface area contributed by atoms with Crippen molar-refractivity contribution in [3.63, 3.8) is 0 Å². The SMILES string of the molecule is CSC1(CNCc2cc(Cl)cc3c2OCC3)CCC1. The van der Waals surface area contributed by atoms with Gasteiger partial charge in [0, 0.05) is 34.8 Å². The lowest BCUT2D eigenvalue weighted by atomic mass is 9.84. The highest BCUT2D eigenvalue weighted by Gasteiger charge is 2.35. The second-order valence-electron chi connectivity index (χ2n) is 5.50. The molecular weight excluding hydrogens is 278 g/mol. The minimum absolute atomic E-state index is 0.475. The topological polar surface area (TPSA) is 21.3 Å². The van der Waals surface area contributed by atoms with Crippen molar-refractivity contribution in [1.29, 1.82) is 0 Å². The lowest BCUT2D eigenvalue weighted by molar-refractivity contribution is 0.338. The van der Waals surface area contributed by atoms with Crippen molar-refractivity contribution in [1.82, 2.24) is 5.32 Å². The van der Waals surface area contributed by atoms with Crippen LogP contribution in [0.4, 0.5) is 0 Å². The number of benzene rings is 1. The normalized spacial score (nSPS) is 19.7. The van der Waals surface area contributed by atoms with Gasteiger partial charge in [-0.1, -0.05) is 18.0 Å². The maximum absolute atomic E-state index is 6.18. The summed E-state index contributed by atoms with van der Waals surface area (Å²) in [6.45, 7) is 2.72. The first kappa shape index (κ1) is 13.6. The van der Waals surface area contributed by atoms with Crippen LogP contribution in [0.2, 0.25) is 5.02 Å². The Bertz CT molecular complexity index is 468. The number of halogens is 1. The Morgan fingerprint density at radius 2 is 2.26 bits per heavy atom. The van der Waals surface area contributed by atoms with Gasteiger partial charge in [0.05, 0.1) is 6.61 Å². The second kappa shape index (κ2) is 5.55. The molecule has 1 heterocycles. The van der Waals surface area contributed by atoms with Crippen LogP contribution < -0.4 is 10.1 Å². The molecule has 4 heteroatoms. The monoisotopic (exact) mass is 297 g/mol. The Morgan fingerprint density at radius 1 is 1.42 bits per heavy atom. The molecule has 0 unspecified atom stereocenters. The molecule has 1 N–H and O–H groups in total. The Kier molecular flexibility index (Phi) is 3.97. The fourth-order valence-electron chi connectivity index (χ4n) is 2.93. The maximum Gasteiger partial charge on any atom is 0.127 e. The Hall–Kier alpha value is -0.380. The standard InChI is InChI=1S/C15H20ClNOS/c1-19-15(4-2-5-15)10-17-9-12-8-13(16)7-11-3-6-18-14(11)12/h7-8,17H,2-6,9-10H2,1H3. The predicted octanol–water partition coefficient (Wildman–Crippen LogP) is 3.65. The minimum atomic E-state index is 0.475. The molecule has 1 fully saturated rings. The lowest BCUT2D eigenvalue weighted by Crippen LogP contribution is -2.43. The van der Waals surface area contributed by atoms with E-state index >= 15 is 0 Å². The van der Waals surface area contributed by atoms with Gasteiger partial charge in [0.2, 0.25) is 0 Å². The van der Waals surface area contributed by atoms with E-state index in [0.717, 1.165) is 36.9 Å². The van der Waals surface area contributed by atoms with E-state index in [4.69, 9.17) is 16.3 Å². The molecule has 1 aromatic rings. The summed E-state index contributed by atoms with van der Waals surface area (Å²) < 4.78 is 6.20. The van der Waals surface area contributed by atoms with Crippen molar-refractivity contribution in [2.75, 3.05) is 19.4 Å². The van der Waals surface area contributed by atoms with E-state index in [0.29, 0.717) is 4.75 Å². The third-order valence-corrected chi connectivity index (χ3v) is 5.92. The van der Waals surface area contributed by atoms with E-state index in [1.165, 1.54) is 30.4 Å². The van der Waals surface area contributed by atoms with Crippen molar-refractivity contribution in [3.8, 4) is 5.75 Å². The second-order valence-corrected chi connectivity index (χ2v) is 7.21. The zero-order valence-electron chi connectivity index (χ0n) is 11.3. The van der Waals surface area contributed by atoms with Gasteiger partial charge >= 0.3 is 0 Å². The first-order valence-corrected chi connectivity index (χ1v) is 8.53. The number of nitrogens with one attached hydrogen (secondary N) is 1. The van der Waals surface area contributed by atoms with E-state index in [9.17, 15) is 0 Å². The molecule has 19 heavy (non-hydrogen) atoms. The lowest BCUT2D eigenvalue weighted by Gasteiger charge is -2.40. The van der Waals surface area contributed by atoms with Crippen LogP contribution in [-0.4, -0.2) is 24.2 Å². The maximum atomic E-state index is 6.18. The van der Waals surface area contributed by atoms with Crippen LogP contribution in [0.25, 0.3) is 0 Å². The molecule has 1 aliphatic carbocycles. The molecule has 104 valence electrons.